The van der Waals surface area contributed by atoms with E-state index in [1.54, 1.807) is 0 Å². The van der Waals surface area contributed by atoms with Gasteiger partial charge in [0, 0.05) is 25.9 Å². The van der Waals surface area contributed by atoms with Gasteiger partial charge in [0.15, 0.2) is 0 Å². The summed E-state index contributed by atoms with van der Waals surface area (Å²) in [5.74, 6) is -1.67. The lowest BCUT2D eigenvalue weighted by Gasteiger charge is -2.28. The minimum Gasteiger partial charge on any atom is -0.481 e. The fourth-order valence-electron chi connectivity index (χ4n) is 2.21. The first kappa shape index (κ1) is 23.3. The molecule has 6 nitrogen and oxygen atoms in total. The second-order valence-electron chi connectivity index (χ2n) is 5.93. The Bertz CT molecular complexity index is 584. The van der Waals surface area contributed by atoms with E-state index in [9.17, 15) is 0 Å². The highest BCUT2D eigenvalue weighted by molar-refractivity contribution is 5.63. The number of hydrogen-bond donors (Lipinski definition) is 4. The zero-order valence-electron chi connectivity index (χ0n) is 15.3. The Morgan fingerprint density at radius 3 is 1.31 bits per heavy atom. The highest BCUT2D eigenvalue weighted by atomic mass is 16.4. The van der Waals surface area contributed by atoms with Crippen molar-refractivity contribution in [1.29, 1.82) is 0 Å². The molecule has 2 aromatic rings. The topological polar surface area (TPSA) is 127 Å². The zero-order chi connectivity index (χ0) is 20.0. The number of nitrogens with two attached hydrogens (primary N) is 2. The van der Waals surface area contributed by atoms with E-state index in [0.717, 1.165) is 26.7 Å². The molecule has 142 valence electrons. The number of benzene rings is 2. The molecule has 0 aliphatic heterocycles. The van der Waals surface area contributed by atoms with E-state index < -0.39 is 11.9 Å². The average molecular weight is 360 g/mol. The van der Waals surface area contributed by atoms with Crippen LogP contribution in [0, 0.1) is 0 Å². The largest absolute Gasteiger partial charge is 0.481 e. The molecule has 0 atom stereocenters. The van der Waals surface area contributed by atoms with Gasteiger partial charge in [0.2, 0.25) is 0 Å². The van der Waals surface area contributed by atoms with Crippen molar-refractivity contribution in [2.24, 2.45) is 11.5 Å². The molecule has 0 radical (unpaired) electrons. The maximum atomic E-state index is 9.00. The number of rotatable bonds is 5. The van der Waals surface area contributed by atoms with Gasteiger partial charge >= 0.3 is 0 Å². The summed E-state index contributed by atoms with van der Waals surface area (Å²) in [7, 11) is 0. The van der Waals surface area contributed by atoms with Crippen molar-refractivity contribution in [1.82, 2.24) is 0 Å². The summed E-state index contributed by atoms with van der Waals surface area (Å²) in [5, 5.41) is 14.8. The van der Waals surface area contributed by atoms with Crippen LogP contribution in [0.4, 0.5) is 0 Å². The standard InChI is InChI=1S/C16H20N2.2C2H4O2/c17-13-16(18,11-14-7-3-1-4-8-14)12-15-9-5-2-6-10-15;2*1-2(3)4/h1-10H,11-13,17-18H2;2*1H3,(H,3,4). The Kier molecular flexibility index (Phi) is 11.3. The van der Waals surface area contributed by atoms with Gasteiger partial charge in [0.1, 0.15) is 0 Å². The maximum Gasteiger partial charge on any atom is 0.300 e. The molecule has 0 heterocycles. The average Bonchev–Trinajstić information content (AvgIpc) is 2.55. The summed E-state index contributed by atoms with van der Waals surface area (Å²) >= 11 is 0. The predicted molar refractivity (Wildman–Crippen MR) is 103 cm³/mol. The smallest absolute Gasteiger partial charge is 0.300 e. The molecular weight excluding hydrogens is 332 g/mol. The van der Waals surface area contributed by atoms with Crippen LogP contribution in [0.15, 0.2) is 60.7 Å². The van der Waals surface area contributed by atoms with Crippen LogP contribution >= 0.6 is 0 Å². The minimum atomic E-state index is -0.833. The normalized spacial score (nSPS) is 9.85. The third kappa shape index (κ3) is 12.7. The van der Waals surface area contributed by atoms with Gasteiger partial charge in [-0.05, 0) is 24.0 Å². The molecule has 6 heteroatoms. The Morgan fingerprint density at radius 1 is 0.808 bits per heavy atom. The van der Waals surface area contributed by atoms with E-state index in [4.69, 9.17) is 31.3 Å². The van der Waals surface area contributed by atoms with Gasteiger partial charge in [-0.2, -0.15) is 0 Å². The van der Waals surface area contributed by atoms with E-state index in [0.29, 0.717) is 6.54 Å². The highest BCUT2D eigenvalue weighted by Gasteiger charge is 2.23. The molecule has 0 saturated heterocycles. The summed E-state index contributed by atoms with van der Waals surface area (Å²) in [6.45, 7) is 2.65. The molecule has 0 saturated carbocycles. The lowest BCUT2D eigenvalue weighted by atomic mass is 9.86. The Balaban J connectivity index is 0.000000662. The van der Waals surface area contributed by atoms with Crippen LogP contribution in [-0.4, -0.2) is 34.2 Å². The van der Waals surface area contributed by atoms with Crippen LogP contribution in [0.3, 0.4) is 0 Å². The van der Waals surface area contributed by atoms with Gasteiger partial charge in [0.25, 0.3) is 11.9 Å². The van der Waals surface area contributed by atoms with Gasteiger partial charge in [-0.25, -0.2) is 0 Å². The lowest BCUT2D eigenvalue weighted by molar-refractivity contribution is -0.135. The van der Waals surface area contributed by atoms with Gasteiger partial charge in [-0.1, -0.05) is 60.7 Å². The molecule has 0 aromatic heterocycles. The fraction of sp³-hybridized carbons (Fsp3) is 0.300. The summed E-state index contributed by atoms with van der Waals surface area (Å²) < 4.78 is 0. The lowest BCUT2D eigenvalue weighted by Crippen LogP contribution is -2.50. The number of hydrogen-bond acceptors (Lipinski definition) is 4. The third-order valence-electron chi connectivity index (χ3n) is 3.20. The molecule has 0 aliphatic carbocycles. The summed E-state index contributed by atoms with van der Waals surface area (Å²) in [6.07, 6.45) is 1.61. The van der Waals surface area contributed by atoms with Gasteiger partial charge < -0.3 is 21.7 Å². The first-order chi connectivity index (χ1) is 12.2. The van der Waals surface area contributed by atoms with Crippen LogP contribution in [0.1, 0.15) is 25.0 Å². The molecule has 0 bridgehead atoms. The van der Waals surface area contributed by atoms with Crippen molar-refractivity contribution < 1.29 is 19.8 Å². The highest BCUT2D eigenvalue weighted by Crippen LogP contribution is 2.16. The van der Waals surface area contributed by atoms with Crippen LogP contribution in [0.5, 0.6) is 0 Å². The van der Waals surface area contributed by atoms with Crippen molar-refractivity contribution in [3.63, 3.8) is 0 Å². The summed E-state index contributed by atoms with van der Waals surface area (Å²) in [5.41, 5.74) is 14.4. The maximum absolute atomic E-state index is 9.00. The first-order valence-corrected chi connectivity index (χ1v) is 8.14. The number of carboxylic acids is 2. The molecule has 26 heavy (non-hydrogen) atoms. The van der Waals surface area contributed by atoms with Crippen molar-refractivity contribution in [2.45, 2.75) is 32.2 Å². The van der Waals surface area contributed by atoms with Crippen LogP contribution < -0.4 is 11.5 Å². The Morgan fingerprint density at radius 2 is 1.08 bits per heavy atom. The number of carbonyl (C=O) groups is 2. The third-order valence-corrected chi connectivity index (χ3v) is 3.20. The molecule has 0 spiro atoms. The van der Waals surface area contributed by atoms with Crippen molar-refractivity contribution in [3.05, 3.63) is 71.8 Å². The molecule has 2 rings (SSSR count). The van der Waals surface area contributed by atoms with Gasteiger partial charge in [0.05, 0.1) is 0 Å². The number of aliphatic carboxylic acids is 2. The Labute approximate surface area is 154 Å². The van der Waals surface area contributed by atoms with Crippen LogP contribution in [-0.2, 0) is 22.4 Å². The van der Waals surface area contributed by atoms with E-state index in [-0.39, 0.29) is 5.54 Å². The quantitative estimate of drug-likeness (QED) is 0.648. The summed E-state index contributed by atoms with van der Waals surface area (Å²) in [4.78, 5) is 18.0. The SMILES string of the molecule is CC(=O)O.CC(=O)O.NCC(N)(Cc1ccccc1)Cc1ccccc1. The molecule has 0 fully saturated rings. The summed E-state index contributed by atoms with van der Waals surface area (Å²) in [6, 6.07) is 20.6. The van der Waals surface area contributed by atoms with Gasteiger partial charge in [-0.15, -0.1) is 0 Å². The molecule has 0 amide bonds. The first-order valence-electron chi connectivity index (χ1n) is 8.14. The van der Waals surface area contributed by atoms with E-state index in [1.165, 1.54) is 11.1 Å². The molecule has 0 unspecified atom stereocenters. The van der Waals surface area contributed by atoms with E-state index >= 15 is 0 Å². The molecule has 6 N–H and O–H groups in total. The second kappa shape index (κ2) is 12.6. The van der Waals surface area contributed by atoms with Crippen molar-refractivity contribution >= 4 is 11.9 Å². The fourth-order valence-corrected chi connectivity index (χ4v) is 2.21. The zero-order valence-corrected chi connectivity index (χ0v) is 15.3. The van der Waals surface area contributed by atoms with Crippen LogP contribution in [0.25, 0.3) is 0 Å². The Hall–Kier alpha value is -2.70. The molecule has 2 aromatic carbocycles. The predicted octanol–water partition coefficient (Wildman–Crippen LogP) is 2.31. The molecule has 0 aliphatic rings. The molecular formula is C20H28N2O4. The van der Waals surface area contributed by atoms with E-state index in [2.05, 4.69) is 24.3 Å². The van der Waals surface area contributed by atoms with Crippen molar-refractivity contribution in [3.8, 4) is 0 Å². The van der Waals surface area contributed by atoms with Crippen LogP contribution in [0.2, 0.25) is 0 Å². The number of carboxylic acid groups (broad SMARTS) is 2. The minimum absolute atomic E-state index is 0.372. The van der Waals surface area contributed by atoms with E-state index in [1.807, 2.05) is 36.4 Å². The van der Waals surface area contributed by atoms with Crippen molar-refractivity contribution in [2.75, 3.05) is 6.54 Å². The monoisotopic (exact) mass is 360 g/mol. The van der Waals surface area contributed by atoms with Gasteiger partial charge in [-0.3, -0.25) is 9.59 Å². The second-order valence-corrected chi connectivity index (χ2v) is 5.93.